The van der Waals surface area contributed by atoms with E-state index in [2.05, 4.69) is 27.5 Å². The lowest BCUT2D eigenvalue weighted by atomic mass is 10.1. The molecule has 0 aliphatic heterocycles. The molecular formula is C24H25N5O3. The van der Waals surface area contributed by atoms with Crippen molar-refractivity contribution in [1.82, 2.24) is 24.5 Å². The molecule has 4 rings (SSSR count). The fourth-order valence-electron chi connectivity index (χ4n) is 3.38. The lowest BCUT2D eigenvalue weighted by Gasteiger charge is -2.13. The van der Waals surface area contributed by atoms with Gasteiger partial charge in [-0.1, -0.05) is 48.0 Å². The number of nitrogens with zero attached hydrogens (tertiary/aromatic N) is 4. The first kappa shape index (κ1) is 21.3. The van der Waals surface area contributed by atoms with Gasteiger partial charge in [0.15, 0.2) is 0 Å². The quantitative estimate of drug-likeness (QED) is 0.463. The molecule has 0 saturated heterocycles. The standard InChI is InChI=1S/C24H25N5O3/c1-17-8-12-20(13-9-17)32-23-22-27-29(24(31)28(22)15-14-25-23)16-21(30)26-18(2)10-11-19-6-4-3-5-7-19/h3-9,12-15,18H,10-11,16H2,1-2H3,(H,26,30)/t18-/m1/s1. The van der Waals surface area contributed by atoms with Crippen LogP contribution in [-0.4, -0.2) is 31.1 Å². The number of benzene rings is 2. The van der Waals surface area contributed by atoms with E-state index in [1.165, 1.54) is 22.4 Å². The number of rotatable bonds is 8. The second-order valence-corrected chi connectivity index (χ2v) is 7.77. The normalized spacial score (nSPS) is 11.9. The van der Waals surface area contributed by atoms with Gasteiger partial charge in [0.1, 0.15) is 12.3 Å². The van der Waals surface area contributed by atoms with Crippen molar-refractivity contribution in [3.63, 3.8) is 0 Å². The predicted octanol–water partition coefficient (Wildman–Crippen LogP) is 3.13. The third kappa shape index (κ3) is 5.03. The summed E-state index contributed by atoms with van der Waals surface area (Å²) in [6, 6.07) is 17.6. The highest BCUT2D eigenvalue weighted by molar-refractivity contribution is 5.76. The molecule has 0 unspecified atom stereocenters. The highest BCUT2D eigenvalue weighted by atomic mass is 16.5. The number of carbonyl (C=O) groups is 1. The molecule has 32 heavy (non-hydrogen) atoms. The molecule has 0 saturated carbocycles. The van der Waals surface area contributed by atoms with Crippen LogP contribution >= 0.6 is 0 Å². The fraction of sp³-hybridized carbons (Fsp3) is 0.250. The van der Waals surface area contributed by atoms with Crippen molar-refractivity contribution < 1.29 is 9.53 Å². The first-order valence-corrected chi connectivity index (χ1v) is 10.5. The van der Waals surface area contributed by atoms with Gasteiger partial charge in [-0.25, -0.2) is 18.9 Å². The largest absolute Gasteiger partial charge is 0.436 e. The van der Waals surface area contributed by atoms with Crippen LogP contribution in [0.4, 0.5) is 0 Å². The van der Waals surface area contributed by atoms with Crippen LogP contribution < -0.4 is 15.7 Å². The number of nitrogens with one attached hydrogen (secondary N) is 1. The van der Waals surface area contributed by atoms with Crippen LogP contribution in [0.5, 0.6) is 11.6 Å². The summed E-state index contributed by atoms with van der Waals surface area (Å²) in [6.07, 6.45) is 4.63. The Labute approximate surface area is 185 Å². The summed E-state index contributed by atoms with van der Waals surface area (Å²) < 4.78 is 8.26. The highest BCUT2D eigenvalue weighted by Gasteiger charge is 2.16. The molecule has 1 N–H and O–H groups in total. The Morgan fingerprint density at radius 3 is 2.62 bits per heavy atom. The average Bonchev–Trinajstić information content (AvgIpc) is 3.11. The van der Waals surface area contributed by atoms with Crippen molar-refractivity contribution in [3.8, 4) is 11.6 Å². The number of hydrogen-bond donors (Lipinski definition) is 1. The van der Waals surface area contributed by atoms with Crippen LogP contribution in [0.15, 0.2) is 71.8 Å². The number of aryl methyl sites for hydroxylation is 2. The van der Waals surface area contributed by atoms with E-state index in [4.69, 9.17) is 4.74 Å². The molecule has 1 atom stereocenters. The Bertz CT molecular complexity index is 1260. The van der Waals surface area contributed by atoms with Crippen molar-refractivity contribution in [3.05, 3.63) is 88.6 Å². The molecule has 0 radical (unpaired) electrons. The maximum Gasteiger partial charge on any atom is 0.351 e. The van der Waals surface area contributed by atoms with Crippen LogP contribution in [0.1, 0.15) is 24.5 Å². The minimum atomic E-state index is -0.428. The summed E-state index contributed by atoms with van der Waals surface area (Å²) in [5.74, 6) is 0.511. The number of hydrogen-bond acceptors (Lipinski definition) is 5. The Kier molecular flexibility index (Phi) is 6.30. The molecule has 0 fully saturated rings. The molecule has 0 bridgehead atoms. The minimum absolute atomic E-state index is 0.0301. The number of amides is 1. The van der Waals surface area contributed by atoms with Crippen molar-refractivity contribution in [2.24, 2.45) is 0 Å². The van der Waals surface area contributed by atoms with Gasteiger partial charge in [0, 0.05) is 18.4 Å². The van der Waals surface area contributed by atoms with E-state index in [0.717, 1.165) is 23.1 Å². The molecule has 164 valence electrons. The lowest BCUT2D eigenvalue weighted by molar-refractivity contribution is -0.122. The molecule has 0 aliphatic carbocycles. The van der Waals surface area contributed by atoms with E-state index in [1.54, 1.807) is 0 Å². The van der Waals surface area contributed by atoms with E-state index >= 15 is 0 Å². The third-order valence-corrected chi connectivity index (χ3v) is 5.11. The SMILES string of the molecule is Cc1ccc(Oc2nccn3c(=O)n(CC(=O)N[C@H](C)CCc4ccccc4)nc23)cc1. The average molecular weight is 431 g/mol. The fourth-order valence-corrected chi connectivity index (χ4v) is 3.38. The summed E-state index contributed by atoms with van der Waals surface area (Å²) in [4.78, 5) is 29.4. The summed E-state index contributed by atoms with van der Waals surface area (Å²) in [5, 5.41) is 7.22. The smallest absolute Gasteiger partial charge is 0.351 e. The maximum atomic E-state index is 12.7. The Hall–Kier alpha value is -3.94. The zero-order chi connectivity index (χ0) is 22.5. The van der Waals surface area contributed by atoms with Crippen LogP contribution in [-0.2, 0) is 17.8 Å². The van der Waals surface area contributed by atoms with Crippen molar-refractivity contribution in [2.45, 2.75) is 39.3 Å². The molecule has 0 spiro atoms. The van der Waals surface area contributed by atoms with Gasteiger partial charge < -0.3 is 10.1 Å². The zero-order valence-electron chi connectivity index (χ0n) is 18.1. The molecule has 2 aromatic carbocycles. The van der Waals surface area contributed by atoms with Gasteiger partial charge in [-0.2, -0.15) is 0 Å². The molecule has 2 aromatic heterocycles. The molecule has 1 amide bonds. The van der Waals surface area contributed by atoms with E-state index in [9.17, 15) is 9.59 Å². The molecule has 4 aromatic rings. The summed E-state index contributed by atoms with van der Waals surface area (Å²) >= 11 is 0. The van der Waals surface area contributed by atoms with Crippen LogP contribution in [0.2, 0.25) is 0 Å². The van der Waals surface area contributed by atoms with Crippen molar-refractivity contribution in [2.75, 3.05) is 0 Å². The van der Waals surface area contributed by atoms with Gasteiger partial charge in [0.25, 0.3) is 5.88 Å². The predicted molar refractivity (Wildman–Crippen MR) is 121 cm³/mol. The van der Waals surface area contributed by atoms with E-state index in [-0.39, 0.29) is 30.0 Å². The number of fused-ring (bicyclic) bond motifs is 1. The van der Waals surface area contributed by atoms with Gasteiger partial charge in [-0.05, 0) is 44.4 Å². The van der Waals surface area contributed by atoms with Crippen LogP contribution in [0, 0.1) is 6.92 Å². The summed E-state index contributed by atoms with van der Waals surface area (Å²) in [6.45, 7) is 3.75. The molecule has 0 aliphatic rings. The Balaban J connectivity index is 1.43. The topological polar surface area (TPSA) is 90.5 Å². The van der Waals surface area contributed by atoms with E-state index in [0.29, 0.717) is 5.75 Å². The second kappa shape index (κ2) is 9.47. The van der Waals surface area contributed by atoms with Gasteiger partial charge in [0.2, 0.25) is 11.6 Å². The number of ether oxygens (including phenoxy) is 1. The van der Waals surface area contributed by atoms with Gasteiger partial charge in [0.05, 0.1) is 0 Å². The highest BCUT2D eigenvalue weighted by Crippen LogP contribution is 2.22. The summed E-state index contributed by atoms with van der Waals surface area (Å²) in [5.41, 5.74) is 2.15. The van der Waals surface area contributed by atoms with Gasteiger partial charge in [-0.3, -0.25) is 4.79 Å². The monoisotopic (exact) mass is 431 g/mol. The van der Waals surface area contributed by atoms with Crippen LogP contribution in [0.3, 0.4) is 0 Å². The van der Waals surface area contributed by atoms with Gasteiger partial charge in [-0.15, -0.1) is 5.10 Å². The molecule has 8 nitrogen and oxygen atoms in total. The second-order valence-electron chi connectivity index (χ2n) is 7.77. The minimum Gasteiger partial charge on any atom is -0.436 e. The van der Waals surface area contributed by atoms with Crippen LogP contribution in [0.25, 0.3) is 5.65 Å². The first-order chi connectivity index (χ1) is 15.5. The Morgan fingerprint density at radius 2 is 1.88 bits per heavy atom. The summed E-state index contributed by atoms with van der Waals surface area (Å²) in [7, 11) is 0. The Morgan fingerprint density at radius 1 is 1.12 bits per heavy atom. The number of aromatic nitrogens is 4. The van der Waals surface area contributed by atoms with Crippen molar-refractivity contribution in [1.29, 1.82) is 0 Å². The van der Waals surface area contributed by atoms with E-state index in [1.807, 2.05) is 56.3 Å². The molecule has 2 heterocycles. The molecular weight excluding hydrogens is 406 g/mol. The molecule has 8 heteroatoms. The lowest BCUT2D eigenvalue weighted by Crippen LogP contribution is -2.37. The van der Waals surface area contributed by atoms with Gasteiger partial charge >= 0.3 is 5.69 Å². The van der Waals surface area contributed by atoms with Crippen molar-refractivity contribution >= 4 is 11.6 Å². The van der Waals surface area contributed by atoms with E-state index < -0.39 is 5.69 Å². The number of carbonyl (C=O) groups excluding carboxylic acids is 1. The zero-order valence-corrected chi connectivity index (χ0v) is 18.1. The first-order valence-electron chi connectivity index (χ1n) is 10.5. The third-order valence-electron chi connectivity index (χ3n) is 5.11. The maximum absolute atomic E-state index is 12.7.